The van der Waals surface area contributed by atoms with E-state index in [0.717, 1.165) is 37.9 Å². The van der Waals surface area contributed by atoms with Gasteiger partial charge in [-0.25, -0.2) is 4.39 Å². The van der Waals surface area contributed by atoms with Crippen molar-refractivity contribution in [2.75, 3.05) is 29.4 Å². The van der Waals surface area contributed by atoms with Crippen molar-refractivity contribution in [1.29, 1.82) is 0 Å². The molecule has 1 fully saturated rings. The lowest BCUT2D eigenvalue weighted by molar-refractivity contribution is -0.384. The molecule has 0 bridgehead atoms. The number of nitrogens with zero attached hydrogens (tertiary/aromatic N) is 3. The Kier molecular flexibility index (Phi) is 4.51. The van der Waals surface area contributed by atoms with Crippen molar-refractivity contribution < 1.29 is 14.1 Å². The largest absolute Gasteiger partial charge is 0.366 e. The van der Waals surface area contributed by atoms with Crippen molar-refractivity contribution in [2.24, 2.45) is 0 Å². The van der Waals surface area contributed by atoms with Gasteiger partial charge >= 0.3 is 0 Å². The Morgan fingerprint density at radius 2 is 1.85 bits per heavy atom. The van der Waals surface area contributed by atoms with E-state index >= 15 is 0 Å². The van der Waals surface area contributed by atoms with Crippen LogP contribution in [0.15, 0.2) is 36.4 Å². The van der Waals surface area contributed by atoms with Crippen molar-refractivity contribution in [3.8, 4) is 0 Å². The summed E-state index contributed by atoms with van der Waals surface area (Å²) in [6.07, 6.45) is 3.45. The van der Waals surface area contributed by atoms with E-state index in [0.29, 0.717) is 24.3 Å². The third kappa shape index (κ3) is 3.13. The zero-order valence-electron chi connectivity index (χ0n) is 14.9. The van der Waals surface area contributed by atoms with E-state index in [9.17, 15) is 19.3 Å². The summed E-state index contributed by atoms with van der Waals surface area (Å²) >= 11 is 0. The number of amides is 1. The third-order valence-corrected chi connectivity index (χ3v) is 5.28. The molecule has 0 atom stereocenters. The number of benzene rings is 2. The van der Waals surface area contributed by atoms with Crippen LogP contribution >= 0.6 is 0 Å². The Balaban J connectivity index is 1.71. The van der Waals surface area contributed by atoms with Gasteiger partial charge in [0, 0.05) is 31.3 Å². The lowest BCUT2D eigenvalue weighted by atomic mass is 10.00. The predicted molar refractivity (Wildman–Crippen MR) is 101 cm³/mol. The number of fused-ring (bicyclic) bond motifs is 1. The SMILES string of the molecule is O=C(c1ccc(N2CCCC2)c([N+](=O)[O-])c1)N1CCCc2cccc(F)c21. The minimum Gasteiger partial charge on any atom is -0.366 e. The number of rotatable bonds is 3. The van der Waals surface area contributed by atoms with E-state index in [1.54, 1.807) is 18.2 Å². The van der Waals surface area contributed by atoms with Crippen LogP contribution in [0.1, 0.15) is 35.2 Å². The topological polar surface area (TPSA) is 66.7 Å². The van der Waals surface area contributed by atoms with Crippen molar-refractivity contribution >= 4 is 23.0 Å². The molecule has 0 aromatic heterocycles. The quantitative estimate of drug-likeness (QED) is 0.607. The van der Waals surface area contributed by atoms with Crippen LogP contribution in [-0.4, -0.2) is 30.5 Å². The number of carbonyl (C=O) groups excluding carboxylic acids is 1. The van der Waals surface area contributed by atoms with Gasteiger partial charge < -0.3 is 9.80 Å². The van der Waals surface area contributed by atoms with Gasteiger partial charge in [-0.05, 0) is 49.4 Å². The number of anilines is 2. The summed E-state index contributed by atoms with van der Waals surface area (Å²) in [5, 5.41) is 11.6. The zero-order valence-corrected chi connectivity index (χ0v) is 14.9. The maximum absolute atomic E-state index is 14.4. The number of aryl methyl sites for hydroxylation is 1. The van der Waals surface area contributed by atoms with Crippen LogP contribution in [0.4, 0.5) is 21.5 Å². The predicted octanol–water partition coefficient (Wildman–Crippen LogP) is 3.93. The van der Waals surface area contributed by atoms with Gasteiger partial charge in [0.1, 0.15) is 11.5 Å². The van der Waals surface area contributed by atoms with E-state index < -0.39 is 16.6 Å². The second-order valence-electron chi connectivity index (χ2n) is 6.96. The number of halogens is 1. The number of para-hydroxylation sites is 1. The van der Waals surface area contributed by atoms with Gasteiger partial charge in [-0.3, -0.25) is 14.9 Å². The van der Waals surface area contributed by atoms with E-state index in [4.69, 9.17) is 0 Å². The summed E-state index contributed by atoms with van der Waals surface area (Å²) in [4.78, 5) is 27.6. The minimum atomic E-state index is -0.449. The van der Waals surface area contributed by atoms with Gasteiger partial charge in [0.05, 0.1) is 10.6 Å². The molecule has 0 radical (unpaired) electrons. The molecule has 4 rings (SSSR count). The van der Waals surface area contributed by atoms with Gasteiger partial charge in [-0.1, -0.05) is 12.1 Å². The molecule has 2 aromatic carbocycles. The van der Waals surface area contributed by atoms with Crippen LogP contribution < -0.4 is 9.80 Å². The first-order chi connectivity index (χ1) is 13.1. The molecule has 0 saturated carbocycles. The van der Waals surface area contributed by atoms with Crippen molar-refractivity contribution in [3.63, 3.8) is 0 Å². The first-order valence-corrected chi connectivity index (χ1v) is 9.19. The maximum Gasteiger partial charge on any atom is 0.293 e. The molecular formula is C20H20FN3O3. The molecule has 2 aromatic rings. The summed E-state index contributed by atoms with van der Waals surface area (Å²) in [6.45, 7) is 1.95. The molecule has 6 nitrogen and oxygen atoms in total. The number of nitro groups is 1. The van der Waals surface area contributed by atoms with Gasteiger partial charge in [0.25, 0.3) is 11.6 Å². The summed E-state index contributed by atoms with van der Waals surface area (Å²) in [6, 6.07) is 9.37. The maximum atomic E-state index is 14.4. The van der Waals surface area contributed by atoms with Crippen molar-refractivity contribution in [3.05, 3.63) is 63.5 Å². The fourth-order valence-electron chi connectivity index (χ4n) is 3.99. The van der Waals surface area contributed by atoms with E-state index in [1.807, 2.05) is 11.0 Å². The summed E-state index contributed by atoms with van der Waals surface area (Å²) in [5.41, 5.74) is 1.76. The Hall–Kier alpha value is -2.96. The van der Waals surface area contributed by atoms with E-state index in [-0.39, 0.29) is 11.3 Å². The monoisotopic (exact) mass is 369 g/mol. The van der Waals surface area contributed by atoms with Crippen LogP contribution in [-0.2, 0) is 6.42 Å². The smallest absolute Gasteiger partial charge is 0.293 e. The number of hydrogen-bond donors (Lipinski definition) is 0. The molecule has 27 heavy (non-hydrogen) atoms. The van der Waals surface area contributed by atoms with E-state index in [1.165, 1.54) is 17.0 Å². The highest BCUT2D eigenvalue weighted by Crippen LogP contribution is 2.34. The lowest BCUT2D eigenvalue weighted by Gasteiger charge is -2.30. The Morgan fingerprint density at radius 3 is 2.59 bits per heavy atom. The molecule has 2 heterocycles. The Bertz CT molecular complexity index is 909. The molecule has 1 saturated heterocycles. The summed E-state index contributed by atoms with van der Waals surface area (Å²) < 4.78 is 14.4. The molecule has 2 aliphatic heterocycles. The molecule has 2 aliphatic rings. The Labute approximate surface area is 156 Å². The fraction of sp³-hybridized carbons (Fsp3) is 0.350. The molecule has 1 amide bonds. The minimum absolute atomic E-state index is 0.0754. The van der Waals surface area contributed by atoms with Crippen molar-refractivity contribution in [2.45, 2.75) is 25.7 Å². The van der Waals surface area contributed by atoms with Crippen LogP contribution in [0.25, 0.3) is 0 Å². The average molecular weight is 369 g/mol. The standard InChI is InChI=1S/C20H20FN3O3/c21-16-7-3-5-14-6-4-12-23(19(14)16)20(25)15-8-9-17(18(13-15)24(26)27)22-10-1-2-11-22/h3,5,7-9,13H,1-2,4,6,10-12H2. The molecule has 0 aliphatic carbocycles. The highest BCUT2D eigenvalue weighted by molar-refractivity contribution is 6.07. The molecule has 0 spiro atoms. The zero-order chi connectivity index (χ0) is 19.0. The van der Waals surface area contributed by atoms with Gasteiger partial charge in [0.2, 0.25) is 0 Å². The van der Waals surface area contributed by atoms with Crippen LogP contribution in [0.5, 0.6) is 0 Å². The third-order valence-electron chi connectivity index (χ3n) is 5.28. The summed E-state index contributed by atoms with van der Waals surface area (Å²) in [5.74, 6) is -0.846. The van der Waals surface area contributed by atoms with Gasteiger partial charge in [0.15, 0.2) is 0 Å². The van der Waals surface area contributed by atoms with Crippen LogP contribution in [0.3, 0.4) is 0 Å². The number of carbonyl (C=O) groups is 1. The molecule has 0 N–H and O–H groups in total. The normalized spacial score (nSPS) is 16.3. The van der Waals surface area contributed by atoms with Gasteiger partial charge in [-0.2, -0.15) is 0 Å². The fourth-order valence-corrected chi connectivity index (χ4v) is 3.99. The summed E-state index contributed by atoms with van der Waals surface area (Å²) in [7, 11) is 0. The van der Waals surface area contributed by atoms with Crippen LogP contribution in [0.2, 0.25) is 0 Å². The Morgan fingerprint density at radius 1 is 1.07 bits per heavy atom. The number of nitro benzene ring substituents is 1. The van der Waals surface area contributed by atoms with Crippen molar-refractivity contribution in [1.82, 2.24) is 0 Å². The lowest BCUT2D eigenvalue weighted by Crippen LogP contribution is -2.36. The average Bonchev–Trinajstić information content (AvgIpc) is 3.21. The second-order valence-corrected chi connectivity index (χ2v) is 6.96. The molecule has 0 unspecified atom stereocenters. The first-order valence-electron chi connectivity index (χ1n) is 9.19. The molecule has 7 heteroatoms. The van der Waals surface area contributed by atoms with Crippen LogP contribution in [0, 0.1) is 15.9 Å². The molecule has 140 valence electrons. The number of hydrogen-bond acceptors (Lipinski definition) is 4. The van der Waals surface area contributed by atoms with E-state index in [2.05, 4.69) is 0 Å². The first kappa shape index (κ1) is 17.5. The molecular weight excluding hydrogens is 349 g/mol. The second kappa shape index (κ2) is 6.98. The highest BCUT2D eigenvalue weighted by atomic mass is 19.1. The van der Waals surface area contributed by atoms with Gasteiger partial charge in [-0.15, -0.1) is 0 Å². The highest BCUT2D eigenvalue weighted by Gasteiger charge is 2.29.